The fourth-order valence-corrected chi connectivity index (χ4v) is 2.37. The minimum Gasteiger partial charge on any atom is -0.350 e. The van der Waals surface area contributed by atoms with E-state index in [2.05, 4.69) is 0 Å². The molecule has 0 N–H and O–H groups in total. The Hall–Kier alpha value is -0.610. The van der Waals surface area contributed by atoms with Crippen LogP contribution in [0.15, 0.2) is 0 Å². The van der Waals surface area contributed by atoms with Gasteiger partial charge in [-0.05, 0) is 12.8 Å². The number of amides is 1. The van der Waals surface area contributed by atoms with Crippen molar-refractivity contribution in [2.45, 2.75) is 44.8 Å². The van der Waals surface area contributed by atoms with Gasteiger partial charge in [-0.1, -0.05) is 6.92 Å². The van der Waals surface area contributed by atoms with Gasteiger partial charge in [-0.25, -0.2) is 0 Å². The molecule has 4 nitrogen and oxygen atoms in total. The zero-order valence-corrected chi connectivity index (χ0v) is 10.0. The van der Waals surface area contributed by atoms with Crippen molar-refractivity contribution in [3.8, 4) is 0 Å². The van der Waals surface area contributed by atoms with E-state index in [1.807, 2.05) is 11.8 Å². The van der Waals surface area contributed by atoms with Gasteiger partial charge < -0.3 is 14.4 Å². The molecule has 2 saturated heterocycles. The molecule has 2 aliphatic rings. The second kappa shape index (κ2) is 5.15. The van der Waals surface area contributed by atoms with Crippen molar-refractivity contribution in [2.75, 3.05) is 26.3 Å². The van der Waals surface area contributed by atoms with Crippen LogP contribution in [0, 0.1) is 0 Å². The lowest BCUT2D eigenvalue weighted by molar-refractivity contribution is -0.282. The maximum atomic E-state index is 11.7. The minimum absolute atomic E-state index is 0.271. The van der Waals surface area contributed by atoms with Crippen LogP contribution in [-0.4, -0.2) is 42.9 Å². The maximum absolute atomic E-state index is 11.7. The van der Waals surface area contributed by atoms with E-state index < -0.39 is 0 Å². The smallest absolute Gasteiger partial charge is 0.222 e. The molecule has 92 valence electrons. The van der Waals surface area contributed by atoms with Crippen LogP contribution in [0.1, 0.15) is 39.0 Å². The molecule has 0 aliphatic carbocycles. The molecular weight excluding hydrogens is 206 g/mol. The van der Waals surface area contributed by atoms with Crippen LogP contribution in [0.3, 0.4) is 0 Å². The van der Waals surface area contributed by atoms with Crippen LogP contribution in [0.25, 0.3) is 0 Å². The number of hydrogen-bond donors (Lipinski definition) is 0. The summed E-state index contributed by atoms with van der Waals surface area (Å²) in [4.78, 5) is 13.7. The van der Waals surface area contributed by atoms with E-state index in [1.165, 1.54) is 0 Å². The van der Waals surface area contributed by atoms with E-state index in [0.717, 1.165) is 52.0 Å². The van der Waals surface area contributed by atoms with E-state index in [0.29, 0.717) is 6.42 Å². The fourth-order valence-electron chi connectivity index (χ4n) is 2.37. The molecule has 0 aromatic rings. The SMILES string of the molecule is CCCC(=O)N1CCC2(CC1)OCCCO2. The lowest BCUT2D eigenvalue weighted by atomic mass is 10.0. The number of hydrogen-bond acceptors (Lipinski definition) is 3. The first-order valence-electron chi connectivity index (χ1n) is 6.31. The Balaban J connectivity index is 1.83. The van der Waals surface area contributed by atoms with Crippen molar-refractivity contribution in [3.05, 3.63) is 0 Å². The van der Waals surface area contributed by atoms with E-state index >= 15 is 0 Å². The van der Waals surface area contributed by atoms with Crippen molar-refractivity contribution < 1.29 is 14.3 Å². The van der Waals surface area contributed by atoms with Crippen molar-refractivity contribution in [1.29, 1.82) is 0 Å². The predicted octanol–water partition coefficient (Wildman–Crippen LogP) is 1.54. The molecular formula is C12H21NO3. The number of piperidine rings is 1. The standard InChI is InChI=1S/C12H21NO3/c1-2-4-11(14)13-7-5-12(6-8-13)15-9-3-10-16-12/h2-10H2,1H3. The molecule has 0 radical (unpaired) electrons. The Bertz CT molecular complexity index is 239. The van der Waals surface area contributed by atoms with Crippen LogP contribution < -0.4 is 0 Å². The molecule has 0 aromatic carbocycles. The van der Waals surface area contributed by atoms with E-state index in [-0.39, 0.29) is 11.7 Å². The third-order valence-electron chi connectivity index (χ3n) is 3.36. The van der Waals surface area contributed by atoms with Gasteiger partial charge in [-0.15, -0.1) is 0 Å². The summed E-state index contributed by atoms with van der Waals surface area (Å²) in [6.07, 6.45) is 4.22. The van der Waals surface area contributed by atoms with Gasteiger partial charge in [0.25, 0.3) is 0 Å². The molecule has 0 atom stereocenters. The predicted molar refractivity (Wildman–Crippen MR) is 60.0 cm³/mol. The summed E-state index contributed by atoms with van der Waals surface area (Å²) in [5.41, 5.74) is 0. The van der Waals surface area contributed by atoms with Crippen molar-refractivity contribution in [2.24, 2.45) is 0 Å². The molecule has 2 aliphatic heterocycles. The number of rotatable bonds is 2. The van der Waals surface area contributed by atoms with E-state index in [9.17, 15) is 4.79 Å². The number of carbonyl (C=O) groups excluding carboxylic acids is 1. The van der Waals surface area contributed by atoms with Crippen molar-refractivity contribution in [3.63, 3.8) is 0 Å². The summed E-state index contributed by atoms with van der Waals surface area (Å²) in [5, 5.41) is 0. The highest BCUT2D eigenvalue weighted by atomic mass is 16.7. The summed E-state index contributed by atoms with van der Waals surface area (Å²) in [6.45, 7) is 5.18. The van der Waals surface area contributed by atoms with Crippen molar-refractivity contribution in [1.82, 2.24) is 4.90 Å². The second-order valence-electron chi connectivity index (χ2n) is 4.59. The van der Waals surface area contributed by atoms with Crippen molar-refractivity contribution >= 4 is 5.91 Å². The third kappa shape index (κ3) is 2.55. The van der Waals surface area contributed by atoms with Crippen LogP contribution in [0.4, 0.5) is 0 Å². The molecule has 16 heavy (non-hydrogen) atoms. The molecule has 0 saturated carbocycles. The quantitative estimate of drug-likeness (QED) is 0.718. The number of ether oxygens (including phenoxy) is 2. The third-order valence-corrected chi connectivity index (χ3v) is 3.36. The zero-order valence-electron chi connectivity index (χ0n) is 10.0. The Kier molecular flexibility index (Phi) is 3.82. The molecule has 4 heteroatoms. The molecule has 1 spiro atoms. The Morgan fingerprint density at radius 2 is 1.88 bits per heavy atom. The van der Waals surface area contributed by atoms with Gasteiger partial charge in [0.1, 0.15) is 0 Å². The summed E-state index contributed by atoms with van der Waals surface area (Å²) in [7, 11) is 0. The summed E-state index contributed by atoms with van der Waals surface area (Å²) in [5.74, 6) is -0.102. The minimum atomic E-state index is -0.374. The number of nitrogens with zero attached hydrogens (tertiary/aromatic N) is 1. The van der Waals surface area contributed by atoms with Gasteiger partial charge in [0.05, 0.1) is 13.2 Å². The lowest BCUT2D eigenvalue weighted by Crippen LogP contribution is -2.51. The first-order chi connectivity index (χ1) is 7.76. The summed E-state index contributed by atoms with van der Waals surface area (Å²) in [6, 6.07) is 0. The van der Waals surface area contributed by atoms with Gasteiger partial charge in [-0.3, -0.25) is 4.79 Å². The highest BCUT2D eigenvalue weighted by molar-refractivity contribution is 5.76. The molecule has 1 amide bonds. The van der Waals surface area contributed by atoms with Crippen LogP contribution >= 0.6 is 0 Å². The van der Waals surface area contributed by atoms with Gasteiger partial charge >= 0.3 is 0 Å². The zero-order chi connectivity index (χ0) is 11.4. The van der Waals surface area contributed by atoms with E-state index in [4.69, 9.17) is 9.47 Å². The Morgan fingerprint density at radius 3 is 2.44 bits per heavy atom. The maximum Gasteiger partial charge on any atom is 0.222 e. The molecule has 0 unspecified atom stereocenters. The van der Waals surface area contributed by atoms with Gasteiger partial charge in [0.2, 0.25) is 5.91 Å². The highest BCUT2D eigenvalue weighted by Gasteiger charge is 2.39. The lowest BCUT2D eigenvalue weighted by Gasteiger charge is -2.43. The Morgan fingerprint density at radius 1 is 1.25 bits per heavy atom. The number of likely N-dealkylation sites (tertiary alicyclic amines) is 1. The fraction of sp³-hybridized carbons (Fsp3) is 0.917. The van der Waals surface area contributed by atoms with E-state index in [1.54, 1.807) is 0 Å². The molecule has 0 bridgehead atoms. The topological polar surface area (TPSA) is 38.8 Å². The first-order valence-corrected chi connectivity index (χ1v) is 6.31. The average Bonchev–Trinajstić information content (AvgIpc) is 2.31. The van der Waals surface area contributed by atoms with Crippen LogP contribution in [0.2, 0.25) is 0 Å². The second-order valence-corrected chi connectivity index (χ2v) is 4.59. The molecule has 2 rings (SSSR count). The number of carbonyl (C=O) groups is 1. The first kappa shape index (κ1) is 11.9. The molecule has 0 aromatic heterocycles. The van der Waals surface area contributed by atoms with Crippen LogP contribution in [0.5, 0.6) is 0 Å². The Labute approximate surface area is 96.9 Å². The molecule has 2 heterocycles. The normalized spacial score (nSPS) is 24.7. The van der Waals surface area contributed by atoms with Gasteiger partial charge in [0, 0.05) is 32.4 Å². The summed E-state index contributed by atoms with van der Waals surface area (Å²) >= 11 is 0. The van der Waals surface area contributed by atoms with Gasteiger partial charge in [-0.2, -0.15) is 0 Å². The highest BCUT2D eigenvalue weighted by Crippen LogP contribution is 2.30. The average molecular weight is 227 g/mol. The molecule has 2 fully saturated rings. The largest absolute Gasteiger partial charge is 0.350 e. The summed E-state index contributed by atoms with van der Waals surface area (Å²) < 4.78 is 11.5. The van der Waals surface area contributed by atoms with Gasteiger partial charge in [0.15, 0.2) is 5.79 Å². The van der Waals surface area contributed by atoms with Crippen LogP contribution in [-0.2, 0) is 14.3 Å². The monoisotopic (exact) mass is 227 g/mol.